The summed E-state index contributed by atoms with van der Waals surface area (Å²) in [5, 5.41) is 11.7. The van der Waals surface area contributed by atoms with E-state index in [2.05, 4.69) is 6.92 Å². The number of aromatic carboxylic acids is 1. The maximum atomic E-state index is 12.4. The topological polar surface area (TPSA) is 81.8 Å². The first-order valence-electron chi connectivity index (χ1n) is 12.1. The summed E-state index contributed by atoms with van der Waals surface area (Å²) >= 11 is 0. The third kappa shape index (κ3) is 4.27. The molecule has 2 aromatic heterocycles. The van der Waals surface area contributed by atoms with Crippen molar-refractivity contribution in [2.45, 2.75) is 52.1 Å². The van der Waals surface area contributed by atoms with Crippen LogP contribution in [-0.4, -0.2) is 35.4 Å². The summed E-state index contributed by atoms with van der Waals surface area (Å²) in [6, 6.07) is 13.2. The molecule has 0 amide bonds. The number of hydrogen-bond acceptors (Lipinski definition) is 5. The van der Waals surface area contributed by atoms with Gasteiger partial charge in [-0.1, -0.05) is 24.3 Å². The van der Waals surface area contributed by atoms with Crippen LogP contribution in [0.25, 0.3) is 33.3 Å². The Hall–Kier alpha value is -3.38. The van der Waals surface area contributed by atoms with E-state index >= 15 is 0 Å². The van der Waals surface area contributed by atoms with Crippen LogP contribution in [0.1, 0.15) is 54.1 Å². The number of hydrogen-bond donors (Lipinski definition) is 1. The molecule has 0 unspecified atom stereocenters. The third-order valence-electron chi connectivity index (χ3n) is 7.56. The first-order chi connectivity index (χ1) is 16.8. The highest BCUT2D eigenvalue weighted by molar-refractivity contribution is 6.07. The summed E-state index contributed by atoms with van der Waals surface area (Å²) in [4.78, 5) is 17.3. The molecule has 2 heterocycles. The summed E-state index contributed by atoms with van der Waals surface area (Å²) in [6.45, 7) is 6.61. The van der Waals surface area contributed by atoms with Crippen molar-refractivity contribution >= 4 is 27.8 Å². The van der Waals surface area contributed by atoms with Gasteiger partial charge in [0.1, 0.15) is 17.0 Å². The molecule has 1 aliphatic rings. The summed E-state index contributed by atoms with van der Waals surface area (Å²) in [5.41, 5.74) is 3.82. The smallest absolute Gasteiger partial charge is 0.336 e. The molecule has 182 valence electrons. The van der Waals surface area contributed by atoms with Crippen LogP contribution in [-0.2, 0) is 4.74 Å². The zero-order valence-electron chi connectivity index (χ0n) is 20.7. The van der Waals surface area contributed by atoms with Gasteiger partial charge >= 0.3 is 5.97 Å². The highest BCUT2D eigenvalue weighted by Crippen LogP contribution is 2.38. The highest BCUT2D eigenvalue weighted by Gasteiger charge is 2.31. The second kappa shape index (κ2) is 9.00. The normalized spacial score (nSPS) is 20.4. The van der Waals surface area contributed by atoms with Crippen molar-refractivity contribution in [3.8, 4) is 17.2 Å². The number of carboxylic acid groups (broad SMARTS) is 1. The molecular weight excluding hydrogens is 442 g/mol. The van der Waals surface area contributed by atoms with Crippen molar-refractivity contribution in [3.05, 3.63) is 59.2 Å². The molecule has 0 radical (unpaired) electrons. The molecule has 35 heavy (non-hydrogen) atoms. The number of fused-ring (bicyclic) bond motifs is 2. The number of benzene rings is 2. The fourth-order valence-corrected chi connectivity index (χ4v) is 5.13. The van der Waals surface area contributed by atoms with Gasteiger partial charge in [-0.25, -0.2) is 9.78 Å². The van der Waals surface area contributed by atoms with Crippen LogP contribution in [0.15, 0.2) is 46.9 Å². The van der Waals surface area contributed by atoms with E-state index in [9.17, 15) is 9.90 Å². The molecule has 1 aliphatic carbocycles. The average Bonchev–Trinajstić information content (AvgIpc) is 3.20. The summed E-state index contributed by atoms with van der Waals surface area (Å²) < 4.78 is 18.0. The Kier molecular flexibility index (Phi) is 6.01. The van der Waals surface area contributed by atoms with Crippen molar-refractivity contribution in [1.82, 2.24) is 4.98 Å². The van der Waals surface area contributed by atoms with Crippen LogP contribution in [0, 0.1) is 19.8 Å². The minimum absolute atomic E-state index is 0.0569. The Morgan fingerprint density at radius 3 is 2.60 bits per heavy atom. The van der Waals surface area contributed by atoms with E-state index in [-0.39, 0.29) is 11.2 Å². The van der Waals surface area contributed by atoms with Gasteiger partial charge in [-0.05, 0) is 76.1 Å². The number of carbonyl (C=O) groups is 1. The number of ether oxygens (including phenoxy) is 2. The molecular formula is C29H31NO5. The molecule has 4 aromatic rings. The zero-order valence-corrected chi connectivity index (χ0v) is 20.7. The molecule has 1 N–H and O–H groups in total. The Morgan fingerprint density at radius 1 is 1.17 bits per heavy atom. The largest absolute Gasteiger partial charge is 0.493 e. The molecule has 0 bridgehead atoms. The Bertz CT molecular complexity index is 1410. The number of carboxylic acids is 1. The van der Waals surface area contributed by atoms with Crippen LogP contribution in [0.4, 0.5) is 0 Å². The first kappa shape index (κ1) is 23.4. The molecule has 1 fully saturated rings. The minimum Gasteiger partial charge on any atom is -0.493 e. The highest BCUT2D eigenvalue weighted by atomic mass is 16.5. The lowest BCUT2D eigenvalue weighted by atomic mass is 9.80. The molecule has 0 atom stereocenters. The molecule has 2 aromatic carbocycles. The molecule has 6 heteroatoms. The maximum absolute atomic E-state index is 12.4. The van der Waals surface area contributed by atoms with Crippen LogP contribution < -0.4 is 4.74 Å². The SMILES string of the molecule is COC1(C)CCC(COc2ccc(C)c3nc(-c4oc5ccccc5c4C)cc(C(=O)O)c23)CC1. The van der Waals surface area contributed by atoms with E-state index in [0.29, 0.717) is 40.6 Å². The zero-order chi connectivity index (χ0) is 24.7. The lowest BCUT2D eigenvalue weighted by molar-refractivity contribution is -0.0377. The van der Waals surface area contributed by atoms with Crippen molar-refractivity contribution in [2.24, 2.45) is 5.92 Å². The van der Waals surface area contributed by atoms with Gasteiger partial charge < -0.3 is 19.0 Å². The van der Waals surface area contributed by atoms with E-state index in [1.165, 1.54) is 0 Å². The van der Waals surface area contributed by atoms with Crippen LogP contribution >= 0.6 is 0 Å². The number of aryl methyl sites for hydroxylation is 2. The number of para-hydroxylation sites is 1. The molecule has 5 rings (SSSR count). The lowest BCUT2D eigenvalue weighted by Gasteiger charge is -2.36. The van der Waals surface area contributed by atoms with Gasteiger partial charge in [0, 0.05) is 18.1 Å². The van der Waals surface area contributed by atoms with Gasteiger partial charge in [0.25, 0.3) is 0 Å². The molecule has 6 nitrogen and oxygen atoms in total. The molecule has 0 spiro atoms. The average molecular weight is 474 g/mol. The van der Waals surface area contributed by atoms with E-state index in [4.69, 9.17) is 18.9 Å². The van der Waals surface area contributed by atoms with Gasteiger partial charge in [-0.3, -0.25) is 0 Å². The second-order valence-corrected chi connectivity index (χ2v) is 9.93. The van der Waals surface area contributed by atoms with Crippen LogP contribution in [0.3, 0.4) is 0 Å². The van der Waals surface area contributed by atoms with Crippen molar-refractivity contribution in [1.29, 1.82) is 0 Å². The van der Waals surface area contributed by atoms with Gasteiger partial charge in [0.2, 0.25) is 0 Å². The Morgan fingerprint density at radius 2 is 1.91 bits per heavy atom. The fourth-order valence-electron chi connectivity index (χ4n) is 5.13. The maximum Gasteiger partial charge on any atom is 0.336 e. The molecule has 1 saturated carbocycles. The Labute approximate surface area is 204 Å². The van der Waals surface area contributed by atoms with Crippen molar-refractivity contribution < 1.29 is 23.8 Å². The van der Waals surface area contributed by atoms with Gasteiger partial charge in [0.15, 0.2) is 5.76 Å². The summed E-state index contributed by atoms with van der Waals surface area (Å²) in [7, 11) is 1.77. The van der Waals surface area contributed by atoms with Crippen molar-refractivity contribution in [3.63, 3.8) is 0 Å². The minimum atomic E-state index is -1.02. The molecule has 0 saturated heterocycles. The van der Waals surface area contributed by atoms with Gasteiger partial charge in [0.05, 0.1) is 28.7 Å². The molecule has 0 aliphatic heterocycles. The fraction of sp³-hybridized carbons (Fsp3) is 0.379. The van der Waals surface area contributed by atoms with E-state index in [1.807, 2.05) is 50.2 Å². The van der Waals surface area contributed by atoms with E-state index < -0.39 is 5.97 Å². The van der Waals surface area contributed by atoms with Crippen LogP contribution in [0.5, 0.6) is 5.75 Å². The Balaban J connectivity index is 1.53. The summed E-state index contributed by atoms with van der Waals surface area (Å²) in [5.74, 6) is 0.540. The van der Waals surface area contributed by atoms with Crippen molar-refractivity contribution in [2.75, 3.05) is 13.7 Å². The number of furan rings is 1. The van der Waals surface area contributed by atoms with Gasteiger partial charge in [-0.2, -0.15) is 0 Å². The van der Waals surface area contributed by atoms with E-state index in [1.54, 1.807) is 13.2 Å². The first-order valence-corrected chi connectivity index (χ1v) is 12.1. The van der Waals surface area contributed by atoms with Gasteiger partial charge in [-0.15, -0.1) is 0 Å². The number of methoxy groups -OCH3 is 1. The predicted molar refractivity (Wildman–Crippen MR) is 136 cm³/mol. The lowest BCUT2D eigenvalue weighted by Crippen LogP contribution is -2.34. The number of nitrogens with zero attached hydrogens (tertiary/aromatic N) is 1. The number of aromatic nitrogens is 1. The summed E-state index contributed by atoms with van der Waals surface area (Å²) in [6.07, 6.45) is 4.03. The monoisotopic (exact) mass is 473 g/mol. The van der Waals surface area contributed by atoms with E-state index in [0.717, 1.165) is 47.8 Å². The van der Waals surface area contributed by atoms with Crippen LogP contribution in [0.2, 0.25) is 0 Å². The quantitative estimate of drug-likeness (QED) is 0.327. The predicted octanol–water partition coefficient (Wildman–Crippen LogP) is 6.94. The second-order valence-electron chi connectivity index (χ2n) is 9.93. The number of rotatable bonds is 6. The standard InChI is InChI=1S/C29H31NO5/c1-17-9-10-24(34-16-19-11-13-29(3,33-4)14-12-19)25-21(28(31)32)15-22(30-26(17)25)27-18(2)20-7-5-6-8-23(20)35-27/h5-10,15,19H,11-14,16H2,1-4H3,(H,31,32). The number of pyridine rings is 1. The third-order valence-corrected chi connectivity index (χ3v) is 7.56.